The van der Waals surface area contributed by atoms with Gasteiger partial charge in [-0.05, 0) is 66.3 Å². The molecule has 1 saturated heterocycles. The van der Waals surface area contributed by atoms with Crippen LogP contribution in [0.15, 0.2) is 71.7 Å². The van der Waals surface area contributed by atoms with Crippen LogP contribution in [0.1, 0.15) is 36.8 Å². The number of guanidine groups is 1. The van der Waals surface area contributed by atoms with Crippen LogP contribution in [-0.4, -0.2) is 84.4 Å². The van der Waals surface area contributed by atoms with Crippen LogP contribution in [0.4, 0.5) is 0 Å². The first-order chi connectivity index (χ1) is 24.0. The minimum absolute atomic E-state index is 0.0229. The monoisotopic (exact) mass is 687 g/mol. The number of nitrogens with one attached hydrogen (secondary N) is 5. The number of carbonyl (C=O) groups is 5. The number of aromatic hydroxyl groups is 1. The fourth-order valence-corrected chi connectivity index (χ4v) is 5.60. The summed E-state index contributed by atoms with van der Waals surface area (Å²) in [5.74, 6) is -3.34. The summed E-state index contributed by atoms with van der Waals surface area (Å²) in [5.41, 5.74) is 18.0. The zero-order valence-electron chi connectivity index (χ0n) is 27.7. The van der Waals surface area contributed by atoms with Gasteiger partial charge >= 0.3 is 0 Å². The number of rotatable bonds is 11. The number of benzene rings is 3. The molecule has 0 aliphatic carbocycles. The molecule has 5 amide bonds. The van der Waals surface area contributed by atoms with Crippen LogP contribution in [0.3, 0.4) is 0 Å². The minimum Gasteiger partial charge on any atom is -0.508 e. The van der Waals surface area contributed by atoms with E-state index in [-0.39, 0.29) is 50.5 Å². The Bertz CT molecular complexity index is 1690. The van der Waals surface area contributed by atoms with Gasteiger partial charge in [0.2, 0.25) is 29.5 Å². The van der Waals surface area contributed by atoms with Crippen LogP contribution in [0.2, 0.25) is 0 Å². The van der Waals surface area contributed by atoms with Crippen LogP contribution in [0.5, 0.6) is 5.75 Å². The SMILES string of the molecule is NCCCC1NC(=O)C(Cc2ccc(O)cc2)NC(=O)CNC(=O)C(Cc2ccc3ccccc3c2)NC(=O)C(CCCN=C(N)N)NC1=O. The lowest BCUT2D eigenvalue weighted by molar-refractivity contribution is -0.134. The fraction of sp³-hybridized carbons (Fsp3) is 0.371. The standard InChI is InChI=1S/C35H45N9O6/c36-15-3-7-26-32(48)42-27(8-4-16-39-35(37)38)33(49)44-28(19-22-9-12-23-5-1-2-6-24(23)17-22)31(47)40-20-30(46)41-29(34(50)43-26)18-21-10-13-25(45)14-11-21/h1-2,5-6,9-14,17,26-29,45H,3-4,7-8,15-16,18-20,36H2,(H,40,47)(H,41,46)(H,42,48)(H,43,50)(H,44,49)(H4,37,38,39). The van der Waals surface area contributed by atoms with Gasteiger partial charge in [-0.15, -0.1) is 0 Å². The first-order valence-electron chi connectivity index (χ1n) is 16.5. The molecule has 0 spiro atoms. The average Bonchev–Trinajstić information content (AvgIpc) is 3.09. The van der Waals surface area contributed by atoms with Gasteiger partial charge < -0.3 is 48.9 Å². The number of hydrogen-bond acceptors (Lipinski definition) is 8. The normalized spacial score (nSPS) is 20.7. The van der Waals surface area contributed by atoms with Gasteiger partial charge in [0, 0.05) is 19.4 Å². The molecule has 15 nitrogen and oxygen atoms in total. The molecular weight excluding hydrogens is 642 g/mol. The molecule has 0 aromatic heterocycles. The fourth-order valence-electron chi connectivity index (χ4n) is 5.60. The number of amides is 5. The molecule has 266 valence electrons. The number of phenols is 1. The van der Waals surface area contributed by atoms with Crippen LogP contribution in [-0.2, 0) is 36.8 Å². The highest BCUT2D eigenvalue weighted by Crippen LogP contribution is 2.17. The van der Waals surface area contributed by atoms with Gasteiger partial charge in [-0.3, -0.25) is 29.0 Å². The quantitative estimate of drug-likeness (QED) is 0.0693. The predicted octanol–water partition coefficient (Wildman–Crippen LogP) is -0.808. The van der Waals surface area contributed by atoms with Crippen LogP contribution >= 0.6 is 0 Å². The smallest absolute Gasteiger partial charge is 0.243 e. The molecule has 4 unspecified atom stereocenters. The van der Waals surface area contributed by atoms with Gasteiger partial charge in [0.25, 0.3) is 0 Å². The third-order valence-corrected chi connectivity index (χ3v) is 8.25. The van der Waals surface area contributed by atoms with Gasteiger partial charge in [-0.25, -0.2) is 0 Å². The predicted molar refractivity (Wildman–Crippen MR) is 188 cm³/mol. The van der Waals surface area contributed by atoms with Gasteiger partial charge in [-0.2, -0.15) is 0 Å². The molecule has 1 aliphatic rings. The number of fused-ring (bicyclic) bond motifs is 1. The summed E-state index contributed by atoms with van der Waals surface area (Å²) >= 11 is 0. The number of aliphatic imine (C=N–C) groups is 1. The van der Waals surface area contributed by atoms with Gasteiger partial charge in [0.05, 0.1) is 6.54 Å². The number of hydrogen-bond donors (Lipinski definition) is 9. The van der Waals surface area contributed by atoms with E-state index in [1.165, 1.54) is 12.1 Å². The molecule has 3 aromatic rings. The van der Waals surface area contributed by atoms with Crippen molar-refractivity contribution in [1.82, 2.24) is 26.6 Å². The highest BCUT2D eigenvalue weighted by Gasteiger charge is 2.32. The Labute approximate surface area is 289 Å². The second kappa shape index (κ2) is 18.2. The second-order valence-corrected chi connectivity index (χ2v) is 12.2. The van der Waals surface area contributed by atoms with Crippen molar-refractivity contribution in [3.05, 3.63) is 77.9 Å². The number of phenolic OH excluding ortho intramolecular Hbond substituents is 1. The molecule has 0 bridgehead atoms. The molecule has 12 N–H and O–H groups in total. The van der Waals surface area contributed by atoms with Crippen molar-refractivity contribution in [2.45, 2.75) is 62.7 Å². The maximum absolute atomic E-state index is 13.8. The van der Waals surface area contributed by atoms with E-state index in [4.69, 9.17) is 17.2 Å². The zero-order chi connectivity index (χ0) is 36.0. The lowest BCUT2D eigenvalue weighted by Gasteiger charge is -2.26. The highest BCUT2D eigenvalue weighted by molar-refractivity contribution is 5.97. The molecule has 50 heavy (non-hydrogen) atoms. The third kappa shape index (κ3) is 11.2. The summed E-state index contributed by atoms with van der Waals surface area (Å²) in [7, 11) is 0. The summed E-state index contributed by atoms with van der Waals surface area (Å²) in [4.78, 5) is 71.9. The van der Waals surface area contributed by atoms with E-state index in [0.29, 0.717) is 18.4 Å². The molecule has 0 radical (unpaired) electrons. The topological polar surface area (TPSA) is 256 Å². The second-order valence-electron chi connectivity index (χ2n) is 12.2. The first-order valence-corrected chi connectivity index (χ1v) is 16.5. The Kier molecular flexibility index (Phi) is 13.5. The lowest BCUT2D eigenvalue weighted by atomic mass is 10.0. The van der Waals surface area contributed by atoms with Crippen molar-refractivity contribution in [3.8, 4) is 5.75 Å². The van der Waals surface area contributed by atoms with E-state index in [1.54, 1.807) is 12.1 Å². The highest BCUT2D eigenvalue weighted by atomic mass is 16.3. The minimum atomic E-state index is -1.15. The van der Waals surface area contributed by atoms with Gasteiger partial charge in [-0.1, -0.05) is 54.6 Å². The number of nitrogens with zero attached hydrogens (tertiary/aromatic N) is 1. The van der Waals surface area contributed by atoms with Crippen molar-refractivity contribution in [3.63, 3.8) is 0 Å². The molecule has 15 heteroatoms. The summed E-state index contributed by atoms with van der Waals surface area (Å²) in [6.45, 7) is -0.0684. The first kappa shape index (κ1) is 37.1. The van der Waals surface area contributed by atoms with E-state index in [1.807, 2.05) is 42.5 Å². The molecule has 4 rings (SSSR count). The number of carbonyl (C=O) groups excluding carboxylic acids is 5. The molecular formula is C35H45N9O6. The van der Waals surface area contributed by atoms with Crippen molar-refractivity contribution < 1.29 is 29.1 Å². The summed E-state index contributed by atoms with van der Waals surface area (Å²) in [6.07, 6.45) is 1.06. The van der Waals surface area contributed by atoms with Crippen molar-refractivity contribution in [2.24, 2.45) is 22.2 Å². The summed E-state index contributed by atoms with van der Waals surface area (Å²) < 4.78 is 0. The Morgan fingerprint density at radius 3 is 1.90 bits per heavy atom. The van der Waals surface area contributed by atoms with E-state index >= 15 is 0 Å². The molecule has 1 aliphatic heterocycles. The molecule has 3 aromatic carbocycles. The van der Waals surface area contributed by atoms with E-state index < -0.39 is 60.2 Å². The van der Waals surface area contributed by atoms with Crippen molar-refractivity contribution in [1.29, 1.82) is 0 Å². The molecule has 4 atom stereocenters. The summed E-state index contributed by atoms with van der Waals surface area (Å²) in [5, 5.41) is 25.1. The largest absolute Gasteiger partial charge is 0.508 e. The number of nitrogens with two attached hydrogens (primary N) is 3. The van der Waals surface area contributed by atoms with Crippen LogP contribution in [0.25, 0.3) is 10.8 Å². The Balaban J connectivity index is 1.66. The van der Waals surface area contributed by atoms with E-state index in [0.717, 1.165) is 16.3 Å². The Morgan fingerprint density at radius 2 is 1.24 bits per heavy atom. The third-order valence-electron chi connectivity index (χ3n) is 8.25. The van der Waals surface area contributed by atoms with Gasteiger partial charge in [0.15, 0.2) is 5.96 Å². The molecule has 1 heterocycles. The Morgan fingerprint density at radius 1 is 0.680 bits per heavy atom. The summed E-state index contributed by atoms with van der Waals surface area (Å²) in [6, 6.07) is 15.0. The van der Waals surface area contributed by atoms with E-state index in [2.05, 4.69) is 31.6 Å². The Hall–Kier alpha value is -5.70. The molecule has 1 fully saturated rings. The van der Waals surface area contributed by atoms with Crippen molar-refractivity contribution in [2.75, 3.05) is 19.6 Å². The van der Waals surface area contributed by atoms with Crippen LogP contribution in [0, 0.1) is 0 Å². The maximum atomic E-state index is 13.8. The average molecular weight is 688 g/mol. The van der Waals surface area contributed by atoms with Crippen LogP contribution < -0.4 is 43.8 Å². The van der Waals surface area contributed by atoms with Crippen molar-refractivity contribution >= 4 is 46.3 Å². The maximum Gasteiger partial charge on any atom is 0.243 e. The van der Waals surface area contributed by atoms with E-state index in [9.17, 15) is 29.1 Å². The lowest BCUT2D eigenvalue weighted by Crippen LogP contribution is -2.58. The molecule has 0 saturated carbocycles. The zero-order valence-corrected chi connectivity index (χ0v) is 27.7. The van der Waals surface area contributed by atoms with Gasteiger partial charge in [0.1, 0.15) is 29.9 Å².